The van der Waals surface area contributed by atoms with Crippen LogP contribution in [0.4, 0.5) is 0 Å². The molecule has 0 aromatic rings. The summed E-state index contributed by atoms with van der Waals surface area (Å²) in [6.07, 6.45) is 2.25. The van der Waals surface area contributed by atoms with Gasteiger partial charge >= 0.3 is 0 Å². The van der Waals surface area contributed by atoms with Crippen LogP contribution in [0.5, 0.6) is 0 Å². The average molecular weight is 188 g/mol. The number of nitrogens with one attached hydrogen (secondary N) is 2. The third-order valence-corrected chi connectivity index (χ3v) is 0.896. The maximum absolute atomic E-state index is 10.5. The van der Waals surface area contributed by atoms with Crippen molar-refractivity contribution in [1.29, 1.82) is 0 Å². The Morgan fingerprint density at radius 1 is 1.00 bits per heavy atom. The van der Waals surface area contributed by atoms with Crippen LogP contribution in [-0.2, 0) is 9.59 Å². The Hall–Kier alpha value is -1.66. The van der Waals surface area contributed by atoms with E-state index in [1.807, 2.05) is 0 Å². The standard InChI is InChI=1S/C7H10N2O2.2H3N/c1-3-6(10)8-5-9-7(11)4-2;;/h3-4H,1-2,5H2,(H,8,10)(H,9,11);2*1H3. The van der Waals surface area contributed by atoms with Gasteiger partial charge in [0.2, 0.25) is 11.8 Å². The van der Waals surface area contributed by atoms with Gasteiger partial charge in [-0.3, -0.25) is 9.59 Å². The lowest BCUT2D eigenvalue weighted by molar-refractivity contribution is -0.118. The van der Waals surface area contributed by atoms with Gasteiger partial charge in [-0.2, -0.15) is 0 Å². The molecule has 0 atom stereocenters. The first-order valence-corrected chi connectivity index (χ1v) is 3.01. The van der Waals surface area contributed by atoms with Gasteiger partial charge in [-0.25, -0.2) is 0 Å². The van der Waals surface area contributed by atoms with Gasteiger partial charge < -0.3 is 22.9 Å². The molecule has 0 saturated heterocycles. The average Bonchev–Trinajstić information content (AvgIpc) is 2.04. The summed E-state index contributed by atoms with van der Waals surface area (Å²) >= 11 is 0. The number of rotatable bonds is 4. The molecule has 13 heavy (non-hydrogen) atoms. The van der Waals surface area contributed by atoms with E-state index in [2.05, 4.69) is 23.8 Å². The zero-order valence-corrected chi connectivity index (χ0v) is 7.51. The summed E-state index contributed by atoms with van der Waals surface area (Å²) < 4.78 is 0. The topological polar surface area (TPSA) is 128 Å². The highest BCUT2D eigenvalue weighted by Crippen LogP contribution is 1.65. The normalized spacial score (nSPS) is 6.77. The molecule has 0 rings (SSSR count). The fourth-order valence-corrected chi connectivity index (χ4v) is 0.363. The van der Waals surface area contributed by atoms with Crippen LogP contribution in [0.2, 0.25) is 0 Å². The molecule has 0 unspecified atom stereocenters. The SMILES string of the molecule is C=CC(=O)NCNC(=O)C=C.N.N. The van der Waals surface area contributed by atoms with Gasteiger partial charge in [0, 0.05) is 0 Å². The Morgan fingerprint density at radius 2 is 1.31 bits per heavy atom. The third-order valence-electron chi connectivity index (χ3n) is 0.896. The van der Waals surface area contributed by atoms with Crippen molar-refractivity contribution < 1.29 is 9.59 Å². The molecule has 0 saturated carbocycles. The van der Waals surface area contributed by atoms with E-state index in [9.17, 15) is 9.59 Å². The van der Waals surface area contributed by atoms with Gasteiger partial charge in [0.15, 0.2) is 0 Å². The van der Waals surface area contributed by atoms with Crippen molar-refractivity contribution >= 4 is 11.8 Å². The monoisotopic (exact) mass is 188 g/mol. The Bertz CT molecular complexity index is 171. The van der Waals surface area contributed by atoms with Crippen LogP contribution in [0.25, 0.3) is 0 Å². The summed E-state index contributed by atoms with van der Waals surface area (Å²) in [5, 5.41) is 4.72. The highest BCUT2D eigenvalue weighted by Gasteiger charge is 1.93. The first-order valence-electron chi connectivity index (χ1n) is 3.01. The van der Waals surface area contributed by atoms with E-state index < -0.39 is 0 Å². The van der Waals surface area contributed by atoms with E-state index in [1.54, 1.807) is 0 Å². The first-order chi connectivity index (χ1) is 5.20. The number of hydrogen-bond acceptors (Lipinski definition) is 4. The lowest BCUT2D eigenvalue weighted by Crippen LogP contribution is -2.35. The molecule has 0 aliphatic carbocycles. The van der Waals surface area contributed by atoms with Crippen LogP contribution in [0.15, 0.2) is 25.3 Å². The minimum atomic E-state index is -0.325. The predicted octanol–water partition coefficient (Wildman–Crippen LogP) is -0.128. The smallest absolute Gasteiger partial charge is 0.244 e. The van der Waals surface area contributed by atoms with E-state index in [1.165, 1.54) is 0 Å². The molecule has 6 heteroatoms. The molecule has 0 aliphatic rings. The first kappa shape index (κ1) is 17.4. The Labute approximate surface area is 77.2 Å². The molecule has 0 aromatic heterocycles. The molecule has 0 fully saturated rings. The van der Waals surface area contributed by atoms with Crippen molar-refractivity contribution in [3.05, 3.63) is 25.3 Å². The Morgan fingerprint density at radius 3 is 1.54 bits per heavy atom. The number of hydrogen-bond donors (Lipinski definition) is 4. The molecule has 2 amide bonds. The van der Waals surface area contributed by atoms with Crippen LogP contribution in [0, 0.1) is 0 Å². The lowest BCUT2D eigenvalue weighted by atomic mass is 10.5. The fraction of sp³-hybridized carbons (Fsp3) is 0.143. The van der Waals surface area contributed by atoms with Gasteiger partial charge in [0.1, 0.15) is 0 Å². The van der Waals surface area contributed by atoms with Gasteiger partial charge in [0.05, 0.1) is 6.67 Å². The maximum atomic E-state index is 10.5. The van der Waals surface area contributed by atoms with Crippen molar-refractivity contribution in [1.82, 2.24) is 22.9 Å². The maximum Gasteiger partial charge on any atom is 0.244 e. The van der Waals surface area contributed by atoms with Gasteiger partial charge in [0.25, 0.3) is 0 Å². The summed E-state index contributed by atoms with van der Waals surface area (Å²) in [5.41, 5.74) is 0. The minimum absolute atomic E-state index is 0. The molecule has 0 spiro atoms. The zero-order valence-electron chi connectivity index (χ0n) is 7.51. The van der Waals surface area contributed by atoms with Gasteiger partial charge in [-0.1, -0.05) is 13.2 Å². The van der Waals surface area contributed by atoms with Crippen molar-refractivity contribution in [3.8, 4) is 0 Å². The van der Waals surface area contributed by atoms with Gasteiger partial charge in [-0.05, 0) is 12.2 Å². The second-order valence-electron chi connectivity index (χ2n) is 1.67. The van der Waals surface area contributed by atoms with E-state index in [0.717, 1.165) is 12.2 Å². The lowest BCUT2D eigenvalue weighted by Gasteiger charge is -2.01. The van der Waals surface area contributed by atoms with Crippen molar-refractivity contribution in [2.45, 2.75) is 0 Å². The summed E-state index contributed by atoms with van der Waals surface area (Å²) in [7, 11) is 0. The Kier molecular flexibility index (Phi) is 13.9. The quantitative estimate of drug-likeness (QED) is 0.362. The molecule has 0 bridgehead atoms. The second kappa shape index (κ2) is 10.3. The van der Waals surface area contributed by atoms with E-state index in [0.29, 0.717) is 0 Å². The summed E-state index contributed by atoms with van der Waals surface area (Å²) in [5.74, 6) is -0.649. The highest BCUT2D eigenvalue weighted by atomic mass is 16.2. The van der Waals surface area contributed by atoms with Crippen LogP contribution in [0.3, 0.4) is 0 Å². The van der Waals surface area contributed by atoms with E-state index in [-0.39, 0.29) is 30.8 Å². The van der Waals surface area contributed by atoms with Crippen molar-refractivity contribution in [2.75, 3.05) is 6.67 Å². The van der Waals surface area contributed by atoms with E-state index >= 15 is 0 Å². The molecular weight excluding hydrogens is 172 g/mol. The van der Waals surface area contributed by atoms with Crippen LogP contribution < -0.4 is 22.9 Å². The van der Waals surface area contributed by atoms with Crippen molar-refractivity contribution in [3.63, 3.8) is 0 Å². The van der Waals surface area contributed by atoms with Crippen LogP contribution >= 0.6 is 0 Å². The van der Waals surface area contributed by atoms with E-state index in [4.69, 9.17) is 0 Å². The van der Waals surface area contributed by atoms with Crippen molar-refractivity contribution in [2.24, 2.45) is 0 Å². The predicted molar refractivity (Wildman–Crippen MR) is 51.6 cm³/mol. The largest absolute Gasteiger partial charge is 0.344 e. The fourth-order valence-electron chi connectivity index (χ4n) is 0.363. The summed E-state index contributed by atoms with van der Waals surface area (Å²) in [4.78, 5) is 21.0. The number of amides is 2. The molecule has 0 aliphatic heterocycles. The number of carbonyl (C=O) groups excluding carboxylic acids is 2. The molecule has 0 heterocycles. The summed E-state index contributed by atoms with van der Waals surface area (Å²) in [6.45, 7) is 6.56. The molecular formula is C7H16N4O2. The number of carbonyl (C=O) groups is 2. The molecule has 6 nitrogen and oxygen atoms in total. The molecule has 0 radical (unpaired) electrons. The zero-order chi connectivity index (χ0) is 8.69. The third kappa shape index (κ3) is 10.3. The Balaban J connectivity index is -0.000000500. The summed E-state index contributed by atoms with van der Waals surface area (Å²) in [6, 6.07) is 0. The molecule has 0 aromatic carbocycles. The molecule has 76 valence electrons. The second-order valence-corrected chi connectivity index (χ2v) is 1.67. The molecule has 8 N–H and O–H groups in total. The van der Waals surface area contributed by atoms with Crippen LogP contribution in [-0.4, -0.2) is 18.5 Å². The minimum Gasteiger partial charge on any atom is -0.344 e. The van der Waals surface area contributed by atoms with Crippen LogP contribution in [0.1, 0.15) is 0 Å². The van der Waals surface area contributed by atoms with Gasteiger partial charge in [-0.15, -0.1) is 0 Å². The highest BCUT2D eigenvalue weighted by molar-refractivity contribution is 5.89.